The Kier molecular flexibility index (Phi) is 3.68. The van der Waals surface area contributed by atoms with Crippen molar-refractivity contribution in [1.29, 1.82) is 0 Å². The summed E-state index contributed by atoms with van der Waals surface area (Å²) in [5.74, 6) is 1.87. The minimum Gasteiger partial charge on any atom is -0.458 e. The smallest absolute Gasteiger partial charge is 0.256 e. The van der Waals surface area contributed by atoms with Gasteiger partial charge in [-0.1, -0.05) is 72.8 Å². The molecule has 8 rings (SSSR count). The largest absolute Gasteiger partial charge is 0.458 e. The Hall–Kier alpha value is -4.44. The molecule has 0 fully saturated rings. The molecular weight excluding hydrogens is 427 g/mol. The maximum atomic E-state index is 6.61. The van der Waals surface area contributed by atoms with Crippen molar-refractivity contribution in [2.24, 2.45) is 0 Å². The van der Waals surface area contributed by atoms with Crippen molar-refractivity contribution in [3.05, 3.63) is 109 Å². The minimum absolute atomic E-state index is 0.157. The molecule has 0 bridgehead atoms. The molecule has 0 atom stereocenters. The molecule has 0 saturated heterocycles. The number of benzene rings is 5. The first-order chi connectivity index (χ1) is 17.3. The van der Waals surface area contributed by atoms with E-state index in [9.17, 15) is 0 Å². The number of hydrogen-bond acceptors (Lipinski definition) is 2. The Morgan fingerprint density at radius 1 is 0.600 bits per heavy atom. The van der Waals surface area contributed by atoms with Crippen LogP contribution in [0.15, 0.2) is 109 Å². The van der Waals surface area contributed by atoms with Gasteiger partial charge in [0.05, 0.1) is 16.7 Å². The van der Waals surface area contributed by atoms with E-state index in [1.54, 1.807) is 0 Å². The Balaban J connectivity index is 1.47. The van der Waals surface area contributed by atoms with Crippen LogP contribution >= 0.6 is 0 Å². The van der Waals surface area contributed by atoms with Gasteiger partial charge in [-0.05, 0) is 46.7 Å². The van der Waals surface area contributed by atoms with Gasteiger partial charge in [0.2, 0.25) is 0 Å². The van der Waals surface area contributed by atoms with Crippen LogP contribution in [0.25, 0.3) is 27.5 Å². The second-order valence-corrected chi connectivity index (χ2v) is 9.44. The van der Waals surface area contributed by atoms with E-state index in [-0.39, 0.29) is 6.71 Å². The molecule has 2 aliphatic rings. The standard InChI is InChI=1S/C31H21BN2O/c1-33-27-16-8-4-12-23(27)32-24-13-5-9-17-29(24)35-30-19-20(18-28(33)31(30)32)34-25-14-6-2-10-21(25)22-11-3-7-15-26(22)34/h2-19H,1H3. The van der Waals surface area contributed by atoms with E-state index in [1.165, 1.54) is 49.6 Å². The van der Waals surface area contributed by atoms with Gasteiger partial charge in [0.25, 0.3) is 6.71 Å². The van der Waals surface area contributed by atoms with E-state index in [0.29, 0.717) is 0 Å². The molecule has 4 heteroatoms. The van der Waals surface area contributed by atoms with Gasteiger partial charge in [-0.25, -0.2) is 0 Å². The number of para-hydroxylation sites is 4. The van der Waals surface area contributed by atoms with E-state index in [2.05, 4.69) is 126 Å². The summed E-state index contributed by atoms with van der Waals surface area (Å²) in [6.07, 6.45) is 0. The van der Waals surface area contributed by atoms with Crippen molar-refractivity contribution in [3.8, 4) is 17.2 Å². The maximum absolute atomic E-state index is 6.61. The van der Waals surface area contributed by atoms with Gasteiger partial charge in [-0.3, -0.25) is 0 Å². The molecule has 5 aromatic carbocycles. The number of rotatable bonds is 1. The van der Waals surface area contributed by atoms with E-state index in [4.69, 9.17) is 4.74 Å². The van der Waals surface area contributed by atoms with Gasteiger partial charge in [0.1, 0.15) is 11.5 Å². The van der Waals surface area contributed by atoms with Crippen molar-refractivity contribution in [1.82, 2.24) is 4.57 Å². The Bertz CT molecular complexity index is 1770. The van der Waals surface area contributed by atoms with Gasteiger partial charge < -0.3 is 14.2 Å². The highest BCUT2D eigenvalue weighted by Gasteiger charge is 2.40. The minimum atomic E-state index is 0.157. The average Bonchev–Trinajstić information content (AvgIpc) is 3.25. The van der Waals surface area contributed by atoms with Crippen LogP contribution in [-0.4, -0.2) is 18.3 Å². The van der Waals surface area contributed by atoms with Crippen LogP contribution in [0.5, 0.6) is 11.5 Å². The lowest BCUT2D eigenvalue weighted by Crippen LogP contribution is -2.59. The molecule has 35 heavy (non-hydrogen) atoms. The molecule has 164 valence electrons. The predicted molar refractivity (Wildman–Crippen MR) is 146 cm³/mol. The highest BCUT2D eigenvalue weighted by atomic mass is 16.5. The topological polar surface area (TPSA) is 17.4 Å². The third-order valence-electron chi connectivity index (χ3n) is 7.65. The molecule has 3 nitrogen and oxygen atoms in total. The normalized spacial score (nSPS) is 13.4. The number of aromatic nitrogens is 1. The zero-order chi connectivity index (χ0) is 23.1. The third kappa shape index (κ3) is 2.46. The summed E-state index contributed by atoms with van der Waals surface area (Å²) < 4.78 is 8.98. The summed E-state index contributed by atoms with van der Waals surface area (Å²) in [7, 11) is 2.17. The molecule has 6 aromatic rings. The van der Waals surface area contributed by atoms with Crippen LogP contribution < -0.4 is 26.0 Å². The monoisotopic (exact) mass is 448 g/mol. The van der Waals surface area contributed by atoms with Crippen LogP contribution in [0.3, 0.4) is 0 Å². The van der Waals surface area contributed by atoms with Crippen molar-refractivity contribution in [3.63, 3.8) is 0 Å². The van der Waals surface area contributed by atoms with Gasteiger partial charge in [0.15, 0.2) is 0 Å². The summed E-state index contributed by atoms with van der Waals surface area (Å²) in [5, 5.41) is 2.52. The molecule has 0 saturated carbocycles. The summed E-state index contributed by atoms with van der Waals surface area (Å²) in [4.78, 5) is 2.32. The van der Waals surface area contributed by atoms with E-state index in [1.807, 2.05) is 0 Å². The van der Waals surface area contributed by atoms with Crippen molar-refractivity contribution >= 4 is 56.3 Å². The number of fused-ring (bicyclic) bond motifs is 7. The first-order valence-electron chi connectivity index (χ1n) is 12.1. The first kappa shape index (κ1) is 18.9. The third-order valence-corrected chi connectivity index (χ3v) is 7.65. The van der Waals surface area contributed by atoms with Crippen LogP contribution in [0.1, 0.15) is 0 Å². The fourth-order valence-corrected chi connectivity index (χ4v) is 6.16. The van der Waals surface area contributed by atoms with Crippen molar-refractivity contribution < 1.29 is 4.74 Å². The summed E-state index contributed by atoms with van der Waals surface area (Å²) in [6, 6.07) is 39.1. The lowest BCUT2D eigenvalue weighted by molar-refractivity contribution is 0.487. The molecule has 0 aliphatic carbocycles. The van der Waals surface area contributed by atoms with Gasteiger partial charge in [0, 0.05) is 35.3 Å². The second kappa shape index (κ2) is 6.80. The van der Waals surface area contributed by atoms with Crippen molar-refractivity contribution in [2.45, 2.75) is 0 Å². The van der Waals surface area contributed by atoms with Crippen LogP contribution in [0, 0.1) is 0 Å². The maximum Gasteiger partial charge on any atom is 0.256 e. The van der Waals surface area contributed by atoms with E-state index in [0.717, 1.165) is 17.2 Å². The molecular formula is C31H21BN2O. The molecule has 0 radical (unpaired) electrons. The number of anilines is 2. The van der Waals surface area contributed by atoms with Crippen LogP contribution in [0.4, 0.5) is 11.4 Å². The van der Waals surface area contributed by atoms with E-state index >= 15 is 0 Å². The summed E-state index contributed by atoms with van der Waals surface area (Å²) >= 11 is 0. The average molecular weight is 448 g/mol. The SMILES string of the molecule is CN1c2ccccc2B2c3ccccc3Oc3cc(-n4c5ccccc5c5ccccc54)cc1c32. The predicted octanol–water partition coefficient (Wildman–Crippen LogP) is 5.49. The fraction of sp³-hybridized carbons (Fsp3) is 0.0323. The first-order valence-corrected chi connectivity index (χ1v) is 12.1. The molecule has 2 aliphatic heterocycles. The molecule has 0 spiro atoms. The second-order valence-electron chi connectivity index (χ2n) is 9.44. The Labute approximate surface area is 203 Å². The summed E-state index contributed by atoms with van der Waals surface area (Å²) in [6.45, 7) is 0.157. The number of ether oxygens (including phenoxy) is 1. The van der Waals surface area contributed by atoms with Gasteiger partial charge in [-0.2, -0.15) is 0 Å². The molecule has 0 amide bonds. The zero-order valence-corrected chi connectivity index (χ0v) is 19.3. The van der Waals surface area contributed by atoms with Gasteiger partial charge >= 0.3 is 0 Å². The summed E-state index contributed by atoms with van der Waals surface area (Å²) in [5.41, 5.74) is 9.75. The Morgan fingerprint density at radius 3 is 2.00 bits per heavy atom. The fourth-order valence-electron chi connectivity index (χ4n) is 6.16. The highest BCUT2D eigenvalue weighted by Crippen LogP contribution is 2.39. The quantitative estimate of drug-likeness (QED) is 0.309. The number of hydrogen-bond donors (Lipinski definition) is 0. The molecule has 1 aromatic heterocycles. The molecule has 0 unspecified atom stereocenters. The number of nitrogens with zero attached hydrogens (tertiary/aromatic N) is 2. The molecule has 3 heterocycles. The van der Waals surface area contributed by atoms with E-state index < -0.39 is 0 Å². The van der Waals surface area contributed by atoms with Gasteiger partial charge in [-0.15, -0.1) is 0 Å². The lowest BCUT2D eigenvalue weighted by atomic mass is 9.34. The highest BCUT2D eigenvalue weighted by molar-refractivity contribution is 6.99. The van der Waals surface area contributed by atoms with Crippen LogP contribution in [0.2, 0.25) is 0 Å². The molecule has 0 N–H and O–H groups in total. The zero-order valence-electron chi connectivity index (χ0n) is 19.3. The van der Waals surface area contributed by atoms with Crippen LogP contribution in [-0.2, 0) is 0 Å². The Morgan fingerprint density at radius 2 is 1.23 bits per heavy atom. The lowest BCUT2D eigenvalue weighted by Gasteiger charge is -2.38. The van der Waals surface area contributed by atoms with Crippen molar-refractivity contribution in [2.75, 3.05) is 11.9 Å².